The summed E-state index contributed by atoms with van der Waals surface area (Å²) < 4.78 is 0. The van der Waals surface area contributed by atoms with Crippen LogP contribution in [0.2, 0.25) is 0 Å². The summed E-state index contributed by atoms with van der Waals surface area (Å²) in [5.74, 6) is -3.20. The number of carboxylic acids is 3. The molecule has 5 aromatic rings. The summed E-state index contributed by atoms with van der Waals surface area (Å²) in [7, 11) is 0. The van der Waals surface area contributed by atoms with Gasteiger partial charge in [-0.05, 0) is 121 Å². The molecular weight excluding hydrogens is 560 g/mol. The first-order valence-corrected chi connectivity index (χ1v) is 13.3. The molecule has 0 spiro atoms. The molecule has 0 aliphatic carbocycles. The third kappa shape index (κ3) is 6.12. The van der Waals surface area contributed by atoms with Gasteiger partial charge < -0.3 is 30.2 Å². The lowest BCUT2D eigenvalue weighted by atomic mass is 10.1. The van der Waals surface area contributed by atoms with Gasteiger partial charge in [-0.2, -0.15) is 0 Å². The van der Waals surface area contributed by atoms with Crippen LogP contribution in [0, 0.1) is 0 Å². The van der Waals surface area contributed by atoms with E-state index in [0.717, 1.165) is 11.4 Å². The van der Waals surface area contributed by atoms with Crippen LogP contribution in [0.3, 0.4) is 0 Å². The van der Waals surface area contributed by atoms with Crippen molar-refractivity contribution in [2.75, 3.05) is 9.80 Å². The van der Waals surface area contributed by atoms with Crippen LogP contribution in [-0.2, 0) is 0 Å². The Hall–Kier alpha value is -6.35. The van der Waals surface area contributed by atoms with Crippen LogP contribution in [0.1, 0.15) is 36.6 Å². The van der Waals surface area contributed by atoms with Gasteiger partial charge >= 0.3 is 17.9 Å². The van der Waals surface area contributed by atoms with Gasteiger partial charge in [0.1, 0.15) is 5.76 Å². The van der Waals surface area contributed by atoms with Gasteiger partial charge in [-0.3, -0.25) is 0 Å². The fraction of sp³-hybridized carbons (Fsp3) is 0. The average molecular weight is 587 g/mol. The van der Waals surface area contributed by atoms with Crippen LogP contribution >= 0.6 is 0 Å². The van der Waals surface area contributed by atoms with Crippen molar-refractivity contribution in [1.82, 2.24) is 0 Å². The lowest BCUT2D eigenvalue weighted by Gasteiger charge is -2.28. The molecule has 0 aromatic heterocycles. The highest BCUT2D eigenvalue weighted by molar-refractivity contribution is 5.91. The highest BCUT2D eigenvalue weighted by Gasteiger charge is 2.18. The van der Waals surface area contributed by atoms with E-state index in [0.29, 0.717) is 28.3 Å². The molecule has 0 heterocycles. The average Bonchev–Trinajstić information content (AvgIpc) is 3.03. The maximum atomic E-state index is 11.5. The number of carbonyl (C=O) groups is 3. The van der Waals surface area contributed by atoms with E-state index in [9.17, 15) is 34.8 Å². The first-order valence-electron chi connectivity index (χ1n) is 13.3. The second-order valence-electron chi connectivity index (χ2n) is 9.74. The van der Waals surface area contributed by atoms with Crippen molar-refractivity contribution in [1.29, 1.82) is 0 Å². The standard InChI is InChI=1S/C35H26N2O7/c1-22(38)23-2-10-27(11-3-23)36(28-12-4-24(5-13-28)33(39)40)31-18-20-32(21-19-31)37(29-14-6-25(7-15-29)34(41)42)30-16-8-26(9-17-30)35(43)44/h2-21,38H,1H2,(H,39,40)(H,41,42)(H,43,44). The van der Waals surface area contributed by atoms with Gasteiger partial charge in [0.25, 0.3) is 0 Å². The Morgan fingerprint density at radius 2 is 0.545 bits per heavy atom. The van der Waals surface area contributed by atoms with Crippen LogP contribution in [0.4, 0.5) is 34.1 Å². The number of aliphatic hydroxyl groups is 1. The van der Waals surface area contributed by atoms with E-state index in [1.54, 1.807) is 48.5 Å². The van der Waals surface area contributed by atoms with Gasteiger partial charge in [-0.15, -0.1) is 0 Å². The molecule has 0 unspecified atom stereocenters. The third-order valence-corrected chi connectivity index (χ3v) is 6.94. The van der Waals surface area contributed by atoms with E-state index in [1.165, 1.54) is 36.4 Å². The number of anilines is 6. The Labute approximate surface area is 252 Å². The summed E-state index contributed by atoms with van der Waals surface area (Å²) in [6.07, 6.45) is 0. The zero-order valence-corrected chi connectivity index (χ0v) is 23.2. The molecule has 9 nitrogen and oxygen atoms in total. The lowest BCUT2D eigenvalue weighted by molar-refractivity contribution is 0.0686. The largest absolute Gasteiger partial charge is 0.508 e. The maximum absolute atomic E-state index is 11.5. The van der Waals surface area contributed by atoms with Crippen LogP contribution in [0.25, 0.3) is 5.76 Å². The first-order chi connectivity index (χ1) is 21.1. The van der Waals surface area contributed by atoms with Crippen LogP contribution < -0.4 is 9.80 Å². The number of nitrogens with zero attached hydrogens (tertiary/aromatic N) is 2. The fourth-order valence-electron chi connectivity index (χ4n) is 4.71. The second-order valence-corrected chi connectivity index (χ2v) is 9.74. The molecule has 0 fully saturated rings. The molecule has 0 aliphatic heterocycles. The van der Waals surface area contributed by atoms with Gasteiger partial charge in [0, 0.05) is 39.7 Å². The molecule has 0 bridgehead atoms. The predicted molar refractivity (Wildman–Crippen MR) is 168 cm³/mol. The molecule has 0 radical (unpaired) electrons. The lowest BCUT2D eigenvalue weighted by Crippen LogP contribution is -2.13. The van der Waals surface area contributed by atoms with Crippen LogP contribution in [0.5, 0.6) is 0 Å². The van der Waals surface area contributed by atoms with E-state index in [4.69, 9.17) is 0 Å². The van der Waals surface area contributed by atoms with Gasteiger partial charge in [0.2, 0.25) is 0 Å². The molecule has 0 saturated heterocycles. The Balaban J connectivity index is 1.58. The molecule has 5 rings (SSSR count). The Kier molecular flexibility index (Phi) is 8.12. The predicted octanol–water partition coefficient (Wildman–Crippen LogP) is 8.25. The Morgan fingerprint density at radius 3 is 0.727 bits per heavy atom. The summed E-state index contributed by atoms with van der Waals surface area (Å²) in [5.41, 5.74) is 5.19. The second kappa shape index (κ2) is 12.3. The van der Waals surface area contributed by atoms with Gasteiger partial charge in [0.15, 0.2) is 0 Å². The van der Waals surface area contributed by atoms with E-state index in [2.05, 4.69) is 6.58 Å². The fourth-order valence-corrected chi connectivity index (χ4v) is 4.71. The summed E-state index contributed by atoms with van der Waals surface area (Å²) in [4.78, 5) is 38.1. The van der Waals surface area contributed by atoms with Crippen molar-refractivity contribution < 1.29 is 34.8 Å². The molecule has 0 amide bonds. The van der Waals surface area contributed by atoms with Crippen LogP contribution in [-0.4, -0.2) is 38.3 Å². The molecule has 218 valence electrons. The smallest absolute Gasteiger partial charge is 0.335 e. The minimum Gasteiger partial charge on any atom is -0.508 e. The quantitative estimate of drug-likeness (QED) is 0.119. The highest BCUT2D eigenvalue weighted by atomic mass is 16.4. The Bertz CT molecular complexity index is 1580. The minimum atomic E-state index is -1.05. The summed E-state index contributed by atoms with van der Waals surface area (Å²) >= 11 is 0. The number of aliphatic hydroxyl groups excluding tert-OH is 1. The van der Waals surface area contributed by atoms with E-state index in [-0.39, 0.29) is 22.4 Å². The number of hydrogen-bond acceptors (Lipinski definition) is 6. The maximum Gasteiger partial charge on any atom is 0.335 e. The van der Waals surface area contributed by atoms with Gasteiger partial charge in [0.05, 0.1) is 16.7 Å². The van der Waals surface area contributed by atoms with E-state index >= 15 is 0 Å². The SMILES string of the molecule is C=C(O)c1ccc(N(c2ccc(C(=O)O)cc2)c2ccc(N(c3ccc(C(=O)O)cc3)c3ccc(C(=O)O)cc3)cc2)cc1. The van der Waals surface area contributed by atoms with Crippen molar-refractivity contribution in [2.45, 2.75) is 0 Å². The first kappa shape index (κ1) is 29.2. The van der Waals surface area contributed by atoms with E-state index < -0.39 is 17.9 Å². The number of benzene rings is 5. The molecule has 0 saturated carbocycles. The summed E-state index contributed by atoms with van der Waals surface area (Å²) in [6, 6.07) is 33.7. The molecule has 0 atom stereocenters. The zero-order valence-electron chi connectivity index (χ0n) is 23.2. The summed E-state index contributed by atoms with van der Waals surface area (Å²) in [6.45, 7) is 3.57. The zero-order chi connectivity index (χ0) is 31.4. The van der Waals surface area contributed by atoms with E-state index in [1.807, 2.05) is 46.2 Å². The normalized spacial score (nSPS) is 10.5. The Morgan fingerprint density at radius 1 is 0.364 bits per heavy atom. The molecule has 5 aromatic carbocycles. The number of aromatic carboxylic acids is 3. The van der Waals surface area contributed by atoms with Crippen molar-refractivity contribution in [3.05, 3.63) is 150 Å². The molecule has 44 heavy (non-hydrogen) atoms. The number of rotatable bonds is 10. The monoisotopic (exact) mass is 586 g/mol. The summed E-state index contributed by atoms with van der Waals surface area (Å²) in [5, 5.41) is 37.9. The topological polar surface area (TPSA) is 139 Å². The molecular formula is C35H26N2O7. The molecule has 0 aliphatic rings. The van der Waals surface area contributed by atoms with Crippen molar-refractivity contribution >= 4 is 57.8 Å². The third-order valence-electron chi connectivity index (χ3n) is 6.94. The van der Waals surface area contributed by atoms with Crippen molar-refractivity contribution in [3.8, 4) is 0 Å². The number of hydrogen-bond donors (Lipinski definition) is 4. The highest BCUT2D eigenvalue weighted by Crippen LogP contribution is 2.39. The van der Waals surface area contributed by atoms with Crippen molar-refractivity contribution in [3.63, 3.8) is 0 Å². The minimum absolute atomic E-state index is 0.0638. The van der Waals surface area contributed by atoms with Gasteiger partial charge in [-0.25, -0.2) is 14.4 Å². The number of carboxylic acid groups (broad SMARTS) is 3. The molecule has 4 N–H and O–H groups in total. The van der Waals surface area contributed by atoms with Crippen LogP contribution in [0.15, 0.2) is 128 Å². The van der Waals surface area contributed by atoms with Gasteiger partial charge in [-0.1, -0.05) is 6.58 Å². The van der Waals surface area contributed by atoms with Crippen molar-refractivity contribution in [2.24, 2.45) is 0 Å². The molecule has 9 heteroatoms.